The van der Waals surface area contributed by atoms with Gasteiger partial charge in [0.05, 0.1) is 6.61 Å². The van der Waals surface area contributed by atoms with Crippen molar-refractivity contribution in [2.24, 2.45) is 4.99 Å². The zero-order chi connectivity index (χ0) is 16.8. The molecule has 0 atom stereocenters. The summed E-state index contributed by atoms with van der Waals surface area (Å²) in [6, 6.07) is 6.42. The van der Waals surface area contributed by atoms with E-state index >= 15 is 0 Å². The van der Waals surface area contributed by atoms with Gasteiger partial charge in [0.1, 0.15) is 12.3 Å². The molecule has 0 fully saturated rings. The van der Waals surface area contributed by atoms with Crippen molar-refractivity contribution in [1.82, 2.24) is 20.8 Å². The number of ether oxygens (including phenoxy) is 1. The van der Waals surface area contributed by atoms with Crippen LogP contribution in [-0.4, -0.2) is 35.8 Å². The Kier molecular flexibility index (Phi) is 7.48. The van der Waals surface area contributed by atoms with E-state index in [1.54, 1.807) is 6.92 Å². The van der Waals surface area contributed by atoms with Gasteiger partial charge in [0.2, 0.25) is 5.89 Å². The molecule has 1 aromatic carbocycles. The van der Waals surface area contributed by atoms with Gasteiger partial charge in [-0.3, -0.25) is 0 Å². The molecule has 0 unspecified atom stereocenters. The average molecular weight is 457 g/mol. The van der Waals surface area contributed by atoms with Crippen LogP contribution in [-0.2, 0) is 19.4 Å². The molecule has 0 aliphatic carbocycles. The Morgan fingerprint density at radius 1 is 1.32 bits per heavy atom. The van der Waals surface area contributed by atoms with E-state index < -0.39 is 0 Å². The maximum atomic E-state index is 5.54. The highest BCUT2D eigenvalue weighted by atomic mass is 127. The maximum Gasteiger partial charge on any atom is 0.248 e. The first-order valence-corrected chi connectivity index (χ1v) is 8.30. The number of nitrogens with one attached hydrogen (secondary N) is 2. The van der Waals surface area contributed by atoms with Crippen molar-refractivity contribution < 1.29 is 9.26 Å². The number of halogens is 1. The molecular formula is C17H24IN5O2. The summed E-state index contributed by atoms with van der Waals surface area (Å²) in [5.74, 6) is 2.91. The first-order chi connectivity index (χ1) is 11.7. The van der Waals surface area contributed by atoms with Crippen molar-refractivity contribution in [3.05, 3.63) is 41.0 Å². The fourth-order valence-electron chi connectivity index (χ4n) is 2.61. The maximum absolute atomic E-state index is 5.54. The van der Waals surface area contributed by atoms with Crippen molar-refractivity contribution >= 4 is 29.9 Å². The van der Waals surface area contributed by atoms with Gasteiger partial charge in [0, 0.05) is 19.5 Å². The van der Waals surface area contributed by atoms with Gasteiger partial charge in [0.15, 0.2) is 11.8 Å². The number of aliphatic imine (C=N–C) groups is 1. The third-order valence-electron chi connectivity index (χ3n) is 3.75. The smallest absolute Gasteiger partial charge is 0.248 e. The Labute approximate surface area is 164 Å². The molecule has 2 aromatic rings. The summed E-state index contributed by atoms with van der Waals surface area (Å²) in [5.41, 5.74) is 2.61. The molecule has 7 nitrogen and oxygen atoms in total. The number of rotatable bonds is 6. The van der Waals surface area contributed by atoms with E-state index in [1.165, 1.54) is 11.1 Å². The lowest BCUT2D eigenvalue weighted by Crippen LogP contribution is -2.38. The Morgan fingerprint density at radius 3 is 2.96 bits per heavy atom. The standard InChI is InChI=1S/C17H23N5O2.HI/c1-3-18-17(20-11-16-21-12(2)22-24-16)19-8-6-13-4-5-15-14(10-13)7-9-23-15;/h4-5,10H,3,6-9,11H2,1-2H3,(H2,18,19,20);1H. The fraction of sp³-hybridized carbons (Fsp3) is 0.471. The van der Waals surface area contributed by atoms with Crippen molar-refractivity contribution in [3.63, 3.8) is 0 Å². The van der Waals surface area contributed by atoms with Crippen LogP contribution in [0.3, 0.4) is 0 Å². The largest absolute Gasteiger partial charge is 0.493 e. The van der Waals surface area contributed by atoms with Gasteiger partial charge >= 0.3 is 0 Å². The highest BCUT2D eigenvalue weighted by Crippen LogP contribution is 2.25. The second kappa shape index (κ2) is 9.59. The minimum Gasteiger partial charge on any atom is -0.493 e. The zero-order valence-electron chi connectivity index (χ0n) is 14.5. The SMILES string of the molecule is CCNC(=NCc1nc(C)no1)NCCc1ccc2c(c1)CCO2.I. The van der Waals surface area contributed by atoms with Crippen LogP contribution < -0.4 is 15.4 Å². The van der Waals surface area contributed by atoms with Gasteiger partial charge in [0.25, 0.3) is 0 Å². The quantitative estimate of drug-likeness (QED) is 0.393. The van der Waals surface area contributed by atoms with E-state index in [4.69, 9.17) is 9.26 Å². The Balaban J connectivity index is 0.00000225. The second-order valence-corrected chi connectivity index (χ2v) is 5.65. The molecule has 3 rings (SSSR count). The van der Waals surface area contributed by atoms with Crippen LogP contribution in [0.5, 0.6) is 5.75 Å². The minimum absolute atomic E-state index is 0. The molecule has 0 amide bonds. The van der Waals surface area contributed by atoms with E-state index in [2.05, 4.69) is 44.0 Å². The number of nitrogens with zero attached hydrogens (tertiary/aromatic N) is 3. The van der Waals surface area contributed by atoms with E-state index in [1.807, 2.05) is 6.92 Å². The van der Waals surface area contributed by atoms with Crippen molar-refractivity contribution in [2.75, 3.05) is 19.7 Å². The molecule has 25 heavy (non-hydrogen) atoms. The molecular weight excluding hydrogens is 433 g/mol. The number of benzene rings is 1. The Hall–Kier alpha value is -1.84. The Morgan fingerprint density at radius 2 is 2.20 bits per heavy atom. The molecule has 0 radical (unpaired) electrons. The number of hydrogen-bond donors (Lipinski definition) is 2. The zero-order valence-corrected chi connectivity index (χ0v) is 16.9. The van der Waals surface area contributed by atoms with Crippen molar-refractivity contribution in [1.29, 1.82) is 0 Å². The average Bonchev–Trinajstić information content (AvgIpc) is 3.20. The van der Waals surface area contributed by atoms with E-state index in [0.29, 0.717) is 18.3 Å². The first-order valence-electron chi connectivity index (χ1n) is 8.30. The molecule has 1 aromatic heterocycles. The van der Waals surface area contributed by atoms with Crippen LogP contribution in [0.15, 0.2) is 27.7 Å². The lowest BCUT2D eigenvalue weighted by atomic mass is 10.1. The predicted molar refractivity (Wildman–Crippen MR) is 107 cm³/mol. The number of aromatic nitrogens is 2. The summed E-state index contributed by atoms with van der Waals surface area (Å²) in [6.07, 6.45) is 1.93. The van der Waals surface area contributed by atoms with Crippen molar-refractivity contribution in [3.8, 4) is 5.75 Å². The highest BCUT2D eigenvalue weighted by molar-refractivity contribution is 14.0. The van der Waals surface area contributed by atoms with E-state index in [-0.39, 0.29) is 24.0 Å². The van der Waals surface area contributed by atoms with E-state index in [9.17, 15) is 0 Å². The van der Waals surface area contributed by atoms with Gasteiger partial charge in [-0.15, -0.1) is 24.0 Å². The van der Waals surface area contributed by atoms with Gasteiger partial charge in [-0.05, 0) is 37.5 Å². The molecule has 0 saturated carbocycles. The lowest BCUT2D eigenvalue weighted by Gasteiger charge is -2.11. The van der Waals surface area contributed by atoms with Gasteiger partial charge in [-0.1, -0.05) is 17.3 Å². The molecule has 2 heterocycles. The van der Waals surface area contributed by atoms with Crippen LogP contribution in [0, 0.1) is 6.92 Å². The Bertz CT molecular complexity index is 717. The molecule has 0 saturated heterocycles. The van der Waals surface area contributed by atoms with Crippen LogP contribution in [0.1, 0.15) is 29.8 Å². The van der Waals surface area contributed by atoms with Crippen LogP contribution in [0.2, 0.25) is 0 Å². The fourth-order valence-corrected chi connectivity index (χ4v) is 2.61. The molecule has 2 N–H and O–H groups in total. The van der Waals surface area contributed by atoms with Gasteiger partial charge < -0.3 is 19.9 Å². The normalized spacial score (nSPS) is 13.0. The molecule has 1 aliphatic heterocycles. The molecule has 1 aliphatic rings. The third-order valence-corrected chi connectivity index (χ3v) is 3.75. The summed E-state index contributed by atoms with van der Waals surface area (Å²) < 4.78 is 10.6. The third kappa shape index (κ3) is 5.58. The summed E-state index contributed by atoms with van der Waals surface area (Å²) in [4.78, 5) is 8.62. The second-order valence-electron chi connectivity index (χ2n) is 5.65. The molecule has 8 heteroatoms. The first kappa shape index (κ1) is 19.5. The minimum atomic E-state index is 0. The monoisotopic (exact) mass is 457 g/mol. The number of hydrogen-bond acceptors (Lipinski definition) is 5. The van der Waals surface area contributed by atoms with Crippen LogP contribution >= 0.6 is 24.0 Å². The summed E-state index contributed by atoms with van der Waals surface area (Å²) in [5, 5.41) is 10.3. The number of fused-ring (bicyclic) bond motifs is 1. The van der Waals surface area contributed by atoms with Crippen LogP contribution in [0.25, 0.3) is 0 Å². The van der Waals surface area contributed by atoms with Gasteiger partial charge in [-0.2, -0.15) is 4.98 Å². The number of guanidine groups is 1. The molecule has 0 spiro atoms. The van der Waals surface area contributed by atoms with Crippen molar-refractivity contribution in [2.45, 2.75) is 33.2 Å². The van der Waals surface area contributed by atoms with E-state index in [0.717, 1.165) is 44.2 Å². The lowest BCUT2D eigenvalue weighted by molar-refractivity contribution is 0.357. The molecule has 136 valence electrons. The summed E-state index contributed by atoms with van der Waals surface area (Å²) in [7, 11) is 0. The van der Waals surface area contributed by atoms with Crippen LogP contribution in [0.4, 0.5) is 0 Å². The molecule has 0 bridgehead atoms. The number of aryl methyl sites for hydroxylation is 1. The predicted octanol–water partition coefficient (Wildman–Crippen LogP) is 2.23. The van der Waals surface area contributed by atoms with Gasteiger partial charge in [-0.25, -0.2) is 4.99 Å². The summed E-state index contributed by atoms with van der Waals surface area (Å²) in [6.45, 7) is 6.59. The highest BCUT2D eigenvalue weighted by Gasteiger charge is 2.11. The summed E-state index contributed by atoms with van der Waals surface area (Å²) >= 11 is 0. The topological polar surface area (TPSA) is 84.6 Å².